The third-order valence-electron chi connectivity index (χ3n) is 15.0. The summed E-state index contributed by atoms with van der Waals surface area (Å²) >= 11 is 0. The van der Waals surface area contributed by atoms with E-state index in [0.29, 0.717) is 0 Å². The van der Waals surface area contributed by atoms with E-state index < -0.39 is 5.54 Å². The van der Waals surface area contributed by atoms with Crippen LogP contribution in [0.3, 0.4) is 0 Å². The molecule has 0 saturated carbocycles. The molecule has 8 aromatic rings. The molecule has 5 heterocycles. The van der Waals surface area contributed by atoms with Crippen LogP contribution in [-0.4, -0.2) is 6.71 Å². The number of fused-ring (bicyclic) bond motifs is 10. The van der Waals surface area contributed by atoms with Gasteiger partial charge in [0.1, 0.15) is 0 Å². The second kappa shape index (κ2) is 11.7. The molecule has 292 valence electrons. The Morgan fingerprint density at radius 3 is 1.33 bits per heavy atom. The molecule has 2 N–H and O–H groups in total. The van der Waals surface area contributed by atoms with Gasteiger partial charge in [0.2, 0.25) is 0 Å². The van der Waals surface area contributed by atoms with E-state index in [1.165, 1.54) is 89.6 Å². The lowest BCUT2D eigenvalue weighted by atomic mass is 9.32. The van der Waals surface area contributed by atoms with Crippen molar-refractivity contribution in [3.8, 4) is 11.1 Å². The first-order valence-corrected chi connectivity index (χ1v) is 21.7. The van der Waals surface area contributed by atoms with Gasteiger partial charge in [-0.1, -0.05) is 149 Å². The van der Waals surface area contributed by atoms with Crippen molar-refractivity contribution >= 4 is 74.3 Å². The maximum atomic E-state index is 7.45. The molecule has 0 spiro atoms. The second-order valence-electron chi connectivity index (χ2n) is 18.9. The van der Waals surface area contributed by atoms with E-state index in [0.717, 1.165) is 22.5 Å². The predicted molar refractivity (Wildman–Crippen MR) is 255 cm³/mol. The summed E-state index contributed by atoms with van der Waals surface area (Å²) in [5, 5.41) is 0. The molecular formula is C56H45BN4. The Morgan fingerprint density at radius 1 is 0.377 bits per heavy atom. The number of nitrogens with two attached hydrogens (primary N) is 1. The molecule has 0 aromatic heterocycles. The Kier molecular flexibility index (Phi) is 6.72. The second-order valence-corrected chi connectivity index (χ2v) is 18.9. The lowest BCUT2D eigenvalue weighted by Gasteiger charge is -2.51. The topological polar surface area (TPSA) is 35.7 Å². The highest BCUT2D eigenvalue weighted by molar-refractivity contribution is 7.00. The summed E-state index contributed by atoms with van der Waals surface area (Å²) in [4.78, 5) is 7.58. The largest absolute Gasteiger partial charge is 0.318 e. The average Bonchev–Trinajstić information content (AvgIpc) is 3.28. The van der Waals surface area contributed by atoms with Crippen LogP contribution in [-0.2, 0) is 16.4 Å². The minimum Gasteiger partial charge on any atom is -0.318 e. The van der Waals surface area contributed by atoms with Crippen LogP contribution in [0.5, 0.6) is 0 Å². The van der Waals surface area contributed by atoms with Gasteiger partial charge in [-0.15, -0.1) is 0 Å². The molecular weight excluding hydrogens is 739 g/mol. The predicted octanol–water partition coefficient (Wildman–Crippen LogP) is 11.7. The molecule has 1 unspecified atom stereocenters. The Bertz CT molecular complexity index is 3030. The van der Waals surface area contributed by atoms with Crippen molar-refractivity contribution in [2.24, 2.45) is 5.73 Å². The third kappa shape index (κ3) is 4.34. The monoisotopic (exact) mass is 784 g/mol. The van der Waals surface area contributed by atoms with Crippen LogP contribution in [0.25, 0.3) is 11.1 Å². The van der Waals surface area contributed by atoms with Gasteiger partial charge in [0.25, 0.3) is 6.71 Å². The standard InChI is InChI=1S/C56H45BN4/c1-54(2)37-16-6-10-24-45(37)59(46-25-11-7-17-38(46)54)36-30-28-34(29-31-36)35-32-49-51-50(33-35)61-48-27-13-9-19-40(48)56(5,58)42-21-15-23-44(53(42)61)57(51)43-22-14-20-41-52(43)60(49)47-26-12-8-18-39(47)55(41,3)4/h6-33H,58H2,1-5H3. The van der Waals surface area contributed by atoms with E-state index in [2.05, 4.69) is 219 Å². The van der Waals surface area contributed by atoms with Crippen LogP contribution in [0, 0.1) is 0 Å². The fourth-order valence-electron chi connectivity index (χ4n) is 12.0. The summed E-state index contributed by atoms with van der Waals surface area (Å²) < 4.78 is 0. The van der Waals surface area contributed by atoms with Gasteiger partial charge in [0.15, 0.2) is 0 Å². The van der Waals surface area contributed by atoms with Crippen molar-refractivity contribution in [3.05, 3.63) is 203 Å². The van der Waals surface area contributed by atoms with Crippen LogP contribution in [0.15, 0.2) is 170 Å². The number of anilines is 9. The van der Waals surface area contributed by atoms with Crippen LogP contribution in [0.1, 0.15) is 68.0 Å². The van der Waals surface area contributed by atoms with Crippen molar-refractivity contribution in [3.63, 3.8) is 0 Å². The Labute approximate surface area is 358 Å². The van der Waals surface area contributed by atoms with E-state index in [9.17, 15) is 0 Å². The Balaban J connectivity index is 1.07. The molecule has 4 nitrogen and oxygen atoms in total. The fourth-order valence-corrected chi connectivity index (χ4v) is 12.0. The van der Waals surface area contributed by atoms with Crippen molar-refractivity contribution < 1.29 is 0 Å². The summed E-state index contributed by atoms with van der Waals surface area (Å²) in [5.41, 5.74) is 31.5. The number of para-hydroxylation sites is 6. The Hall–Kier alpha value is -6.82. The SMILES string of the molecule is CC1(C)c2ccccc2N(c2ccc(-c3cc4c5c(c3)N3c6ccccc6C(C)(N)c6cccc(c63)B5c3cccc5c3N4c3ccccc3C5(C)C)cc2)c2ccccc21. The number of benzene rings is 8. The zero-order chi connectivity index (χ0) is 41.2. The minimum atomic E-state index is -0.662. The molecule has 5 aliphatic heterocycles. The molecule has 61 heavy (non-hydrogen) atoms. The van der Waals surface area contributed by atoms with E-state index in [4.69, 9.17) is 5.73 Å². The molecule has 0 bridgehead atoms. The normalized spacial score (nSPS) is 18.5. The average molecular weight is 785 g/mol. The van der Waals surface area contributed by atoms with Crippen molar-refractivity contribution in [2.45, 2.75) is 51.0 Å². The molecule has 0 aliphatic carbocycles. The zero-order valence-electron chi connectivity index (χ0n) is 35.2. The first-order chi connectivity index (χ1) is 29.6. The summed E-state index contributed by atoms with van der Waals surface area (Å²) in [6.07, 6.45) is 0. The fraction of sp³-hybridized carbons (Fsp3) is 0.143. The molecule has 5 aliphatic rings. The van der Waals surface area contributed by atoms with Gasteiger partial charge in [-0.2, -0.15) is 0 Å². The molecule has 0 saturated heterocycles. The quantitative estimate of drug-likeness (QED) is 0.177. The molecule has 5 heteroatoms. The summed E-state index contributed by atoms with van der Waals surface area (Å²) in [6, 6.07) is 63.7. The van der Waals surface area contributed by atoms with Gasteiger partial charge in [-0.05, 0) is 111 Å². The van der Waals surface area contributed by atoms with Crippen molar-refractivity contribution in [2.75, 3.05) is 14.7 Å². The molecule has 0 radical (unpaired) electrons. The molecule has 0 fully saturated rings. The van der Waals surface area contributed by atoms with Crippen molar-refractivity contribution in [1.29, 1.82) is 0 Å². The molecule has 0 amide bonds. The first kappa shape index (κ1) is 35.0. The van der Waals surface area contributed by atoms with E-state index in [1.807, 2.05) is 0 Å². The van der Waals surface area contributed by atoms with Gasteiger partial charge in [-0.3, -0.25) is 0 Å². The van der Waals surface area contributed by atoms with E-state index in [1.54, 1.807) is 0 Å². The number of rotatable bonds is 2. The number of hydrogen-bond donors (Lipinski definition) is 1. The van der Waals surface area contributed by atoms with Gasteiger partial charge < -0.3 is 20.4 Å². The van der Waals surface area contributed by atoms with E-state index >= 15 is 0 Å². The van der Waals surface area contributed by atoms with Crippen molar-refractivity contribution in [1.82, 2.24) is 0 Å². The lowest BCUT2D eigenvalue weighted by Crippen LogP contribution is -2.63. The van der Waals surface area contributed by atoms with Gasteiger partial charge in [-0.25, -0.2) is 0 Å². The Morgan fingerprint density at radius 2 is 0.787 bits per heavy atom. The summed E-state index contributed by atoms with van der Waals surface area (Å²) in [7, 11) is 0. The van der Waals surface area contributed by atoms with Crippen LogP contribution in [0.2, 0.25) is 0 Å². The van der Waals surface area contributed by atoms with E-state index in [-0.39, 0.29) is 17.5 Å². The van der Waals surface area contributed by atoms with Gasteiger partial charge >= 0.3 is 0 Å². The first-order valence-electron chi connectivity index (χ1n) is 21.7. The highest BCUT2D eigenvalue weighted by Gasteiger charge is 2.51. The number of nitrogens with zero attached hydrogens (tertiary/aromatic N) is 3. The van der Waals surface area contributed by atoms with Crippen LogP contribution in [0.4, 0.5) is 51.2 Å². The molecule has 8 aromatic carbocycles. The highest BCUT2D eigenvalue weighted by Crippen LogP contribution is 2.57. The number of hydrogen-bond acceptors (Lipinski definition) is 4. The maximum absolute atomic E-state index is 7.45. The highest BCUT2D eigenvalue weighted by atomic mass is 15.2. The van der Waals surface area contributed by atoms with Crippen LogP contribution < -0.4 is 36.8 Å². The lowest BCUT2D eigenvalue weighted by molar-refractivity contribution is 0.596. The van der Waals surface area contributed by atoms with Crippen LogP contribution >= 0.6 is 0 Å². The zero-order valence-corrected chi connectivity index (χ0v) is 35.2. The smallest absolute Gasteiger partial charge is 0.252 e. The third-order valence-corrected chi connectivity index (χ3v) is 15.0. The van der Waals surface area contributed by atoms with Gasteiger partial charge in [0, 0.05) is 44.8 Å². The minimum absolute atomic E-state index is 0.0319. The molecule has 13 rings (SSSR count). The maximum Gasteiger partial charge on any atom is 0.252 e. The summed E-state index contributed by atoms with van der Waals surface area (Å²) in [6.45, 7) is 11.7. The van der Waals surface area contributed by atoms with Gasteiger partial charge in [0.05, 0.1) is 28.3 Å². The molecule has 1 atom stereocenters. The summed E-state index contributed by atoms with van der Waals surface area (Å²) in [5.74, 6) is 0.